The number of carbonyl (C=O) groups excluding carboxylic acids is 1. The number of aromatic hydroxyl groups is 1. The molecule has 0 radical (unpaired) electrons. The molecule has 0 heterocycles. The van der Waals surface area contributed by atoms with Gasteiger partial charge in [-0.05, 0) is 42.8 Å². The van der Waals surface area contributed by atoms with Crippen molar-refractivity contribution in [3.63, 3.8) is 0 Å². The van der Waals surface area contributed by atoms with Crippen LogP contribution in [-0.4, -0.2) is 11.0 Å². The fraction of sp³-hybridized carbons (Fsp3) is 0.0667. The van der Waals surface area contributed by atoms with Crippen LogP contribution in [0.25, 0.3) is 0 Å². The zero-order chi connectivity index (χ0) is 13.8. The Hall–Kier alpha value is -2.80. The van der Waals surface area contributed by atoms with Crippen molar-refractivity contribution in [2.45, 2.75) is 6.92 Å². The smallest absolute Gasteiger partial charge is 0.255 e. The summed E-state index contributed by atoms with van der Waals surface area (Å²) in [5.41, 5.74) is 2.08. The summed E-state index contributed by atoms with van der Waals surface area (Å²) in [5.74, 6) is -0.353. The standard InChI is InChI=1S/C15H12N2O2/c1-10-5-6-14(18)13(7-10)17-15(19)12-4-2-3-11(8-12)9-16/h2-8,18H,1H3,(H,17,19). The monoisotopic (exact) mass is 252 g/mol. The number of nitriles is 1. The molecule has 0 saturated carbocycles. The van der Waals surface area contributed by atoms with E-state index in [2.05, 4.69) is 5.32 Å². The van der Waals surface area contributed by atoms with Crippen LogP contribution in [0.1, 0.15) is 21.5 Å². The SMILES string of the molecule is Cc1ccc(O)c(NC(=O)c2cccc(C#N)c2)c1. The summed E-state index contributed by atoms with van der Waals surface area (Å²) in [4.78, 5) is 12.0. The quantitative estimate of drug-likeness (QED) is 0.807. The summed E-state index contributed by atoms with van der Waals surface area (Å²) in [5, 5.41) is 21.1. The first-order valence-corrected chi connectivity index (χ1v) is 5.71. The van der Waals surface area contributed by atoms with Crippen LogP contribution in [0.3, 0.4) is 0 Å². The van der Waals surface area contributed by atoms with E-state index in [1.807, 2.05) is 13.0 Å². The number of benzene rings is 2. The van der Waals surface area contributed by atoms with E-state index < -0.39 is 0 Å². The number of anilines is 1. The van der Waals surface area contributed by atoms with Gasteiger partial charge in [0.2, 0.25) is 0 Å². The lowest BCUT2D eigenvalue weighted by Gasteiger charge is -2.08. The highest BCUT2D eigenvalue weighted by Crippen LogP contribution is 2.24. The molecule has 0 aliphatic heterocycles. The molecular formula is C15H12N2O2. The first-order valence-electron chi connectivity index (χ1n) is 5.71. The third-order valence-corrected chi connectivity index (χ3v) is 2.65. The van der Waals surface area contributed by atoms with Crippen LogP contribution < -0.4 is 5.32 Å². The number of carbonyl (C=O) groups is 1. The van der Waals surface area contributed by atoms with E-state index in [1.165, 1.54) is 12.1 Å². The maximum absolute atomic E-state index is 12.0. The molecule has 0 saturated heterocycles. The maximum atomic E-state index is 12.0. The lowest BCUT2D eigenvalue weighted by Crippen LogP contribution is -2.12. The zero-order valence-electron chi connectivity index (χ0n) is 10.3. The van der Waals surface area contributed by atoms with Crippen LogP contribution in [0.5, 0.6) is 5.75 Å². The molecule has 0 fully saturated rings. The molecule has 0 spiro atoms. The van der Waals surface area contributed by atoms with Crippen molar-refractivity contribution in [1.82, 2.24) is 0 Å². The predicted molar refractivity (Wildman–Crippen MR) is 72.0 cm³/mol. The number of hydrogen-bond acceptors (Lipinski definition) is 3. The molecule has 4 nitrogen and oxygen atoms in total. The van der Waals surface area contributed by atoms with Crippen molar-refractivity contribution >= 4 is 11.6 Å². The summed E-state index contributed by atoms with van der Waals surface area (Å²) < 4.78 is 0. The Labute approximate surface area is 110 Å². The molecule has 94 valence electrons. The van der Waals surface area contributed by atoms with E-state index in [4.69, 9.17) is 5.26 Å². The predicted octanol–water partition coefficient (Wildman–Crippen LogP) is 2.82. The van der Waals surface area contributed by atoms with Gasteiger partial charge in [0.05, 0.1) is 17.3 Å². The normalized spacial score (nSPS) is 9.68. The first-order chi connectivity index (χ1) is 9.10. The minimum Gasteiger partial charge on any atom is -0.506 e. The highest BCUT2D eigenvalue weighted by atomic mass is 16.3. The van der Waals surface area contributed by atoms with Gasteiger partial charge in [-0.3, -0.25) is 4.79 Å². The van der Waals surface area contributed by atoms with Crippen molar-refractivity contribution in [1.29, 1.82) is 5.26 Å². The van der Waals surface area contributed by atoms with Crippen LogP contribution in [0.2, 0.25) is 0 Å². The van der Waals surface area contributed by atoms with Gasteiger partial charge in [-0.25, -0.2) is 0 Å². The number of phenols is 1. The third-order valence-electron chi connectivity index (χ3n) is 2.65. The third kappa shape index (κ3) is 2.90. The Morgan fingerprint density at radius 3 is 2.79 bits per heavy atom. The van der Waals surface area contributed by atoms with Crippen molar-refractivity contribution in [2.24, 2.45) is 0 Å². The Kier molecular flexibility index (Phi) is 3.48. The van der Waals surface area contributed by atoms with Gasteiger partial charge >= 0.3 is 0 Å². The molecule has 2 N–H and O–H groups in total. The fourth-order valence-electron chi connectivity index (χ4n) is 1.67. The van der Waals surface area contributed by atoms with E-state index in [-0.39, 0.29) is 11.7 Å². The summed E-state index contributed by atoms with van der Waals surface area (Å²) in [6.45, 7) is 1.87. The van der Waals surface area contributed by atoms with E-state index >= 15 is 0 Å². The molecule has 19 heavy (non-hydrogen) atoms. The molecule has 0 atom stereocenters. The average Bonchev–Trinajstić information content (AvgIpc) is 2.43. The number of nitrogens with zero attached hydrogens (tertiary/aromatic N) is 1. The Balaban J connectivity index is 2.26. The first kappa shape index (κ1) is 12.7. The van der Waals surface area contributed by atoms with Crippen molar-refractivity contribution < 1.29 is 9.90 Å². The Morgan fingerprint density at radius 2 is 2.05 bits per heavy atom. The van der Waals surface area contributed by atoms with E-state index in [9.17, 15) is 9.90 Å². The lowest BCUT2D eigenvalue weighted by molar-refractivity contribution is 0.102. The number of amides is 1. The molecule has 4 heteroatoms. The molecule has 0 aromatic heterocycles. The van der Waals surface area contributed by atoms with Crippen LogP contribution in [-0.2, 0) is 0 Å². The van der Waals surface area contributed by atoms with Crippen molar-refractivity contribution in [2.75, 3.05) is 5.32 Å². The molecule has 2 rings (SSSR count). The van der Waals surface area contributed by atoms with Crippen molar-refractivity contribution in [3.8, 4) is 11.8 Å². The number of aryl methyl sites for hydroxylation is 1. The van der Waals surface area contributed by atoms with Crippen LogP contribution >= 0.6 is 0 Å². The summed E-state index contributed by atoms with van der Waals surface area (Å²) >= 11 is 0. The van der Waals surface area contributed by atoms with Gasteiger partial charge in [0, 0.05) is 5.56 Å². The molecule has 0 unspecified atom stereocenters. The minimum absolute atomic E-state index is 0.00962. The topological polar surface area (TPSA) is 73.1 Å². The van der Waals surface area contributed by atoms with Gasteiger partial charge in [0.1, 0.15) is 5.75 Å². The second kappa shape index (κ2) is 5.23. The number of hydrogen-bond donors (Lipinski definition) is 2. The van der Waals surface area contributed by atoms with Crippen LogP contribution in [0.15, 0.2) is 42.5 Å². The van der Waals surface area contributed by atoms with E-state index in [0.717, 1.165) is 5.56 Å². The second-order valence-electron chi connectivity index (χ2n) is 4.17. The fourth-order valence-corrected chi connectivity index (χ4v) is 1.67. The number of rotatable bonds is 2. The zero-order valence-corrected chi connectivity index (χ0v) is 10.3. The van der Waals surface area contributed by atoms with Gasteiger partial charge in [-0.1, -0.05) is 12.1 Å². The second-order valence-corrected chi connectivity index (χ2v) is 4.17. The van der Waals surface area contributed by atoms with E-state index in [1.54, 1.807) is 30.3 Å². The molecule has 2 aromatic carbocycles. The van der Waals surface area contributed by atoms with Gasteiger partial charge in [0.25, 0.3) is 5.91 Å². The summed E-state index contributed by atoms with van der Waals surface area (Å²) in [6.07, 6.45) is 0. The Morgan fingerprint density at radius 1 is 1.26 bits per heavy atom. The average molecular weight is 252 g/mol. The largest absolute Gasteiger partial charge is 0.506 e. The number of phenolic OH excluding ortho intramolecular Hbond substituents is 1. The number of nitrogens with one attached hydrogen (secondary N) is 1. The maximum Gasteiger partial charge on any atom is 0.255 e. The highest BCUT2D eigenvalue weighted by Gasteiger charge is 2.09. The molecule has 0 aliphatic carbocycles. The van der Waals surface area contributed by atoms with Crippen LogP contribution in [0.4, 0.5) is 5.69 Å². The lowest BCUT2D eigenvalue weighted by atomic mass is 10.1. The minimum atomic E-state index is -0.363. The summed E-state index contributed by atoms with van der Waals surface area (Å²) in [7, 11) is 0. The van der Waals surface area contributed by atoms with E-state index in [0.29, 0.717) is 16.8 Å². The van der Waals surface area contributed by atoms with Gasteiger partial charge < -0.3 is 10.4 Å². The molecule has 1 amide bonds. The highest BCUT2D eigenvalue weighted by molar-refractivity contribution is 6.05. The molecule has 0 aliphatic rings. The molecular weight excluding hydrogens is 240 g/mol. The van der Waals surface area contributed by atoms with Gasteiger partial charge in [-0.2, -0.15) is 5.26 Å². The Bertz CT molecular complexity index is 672. The van der Waals surface area contributed by atoms with Crippen molar-refractivity contribution in [3.05, 3.63) is 59.2 Å². The summed E-state index contributed by atoms with van der Waals surface area (Å²) in [6, 6.07) is 13.3. The molecule has 0 bridgehead atoms. The molecule has 2 aromatic rings. The van der Waals surface area contributed by atoms with Gasteiger partial charge in [-0.15, -0.1) is 0 Å². The van der Waals surface area contributed by atoms with Gasteiger partial charge in [0.15, 0.2) is 0 Å². The van der Waals surface area contributed by atoms with Crippen LogP contribution in [0, 0.1) is 18.3 Å².